The Morgan fingerprint density at radius 2 is 1.56 bits per heavy atom. The summed E-state index contributed by atoms with van der Waals surface area (Å²) in [5.74, 6) is -0.754. The molecule has 0 atom stereocenters. The van der Waals surface area contributed by atoms with Gasteiger partial charge in [0.15, 0.2) is 0 Å². The zero-order chi connectivity index (χ0) is 12.2. The summed E-state index contributed by atoms with van der Waals surface area (Å²) >= 11 is 0. The Morgan fingerprint density at radius 1 is 1.00 bits per heavy atom. The van der Waals surface area contributed by atoms with Crippen molar-refractivity contribution in [1.82, 2.24) is 0 Å². The van der Waals surface area contributed by atoms with Gasteiger partial charge < -0.3 is 19.3 Å². The molecule has 0 aromatic heterocycles. The molecule has 0 fully saturated rings. The molecule has 0 bridgehead atoms. The van der Waals surface area contributed by atoms with E-state index in [4.69, 9.17) is 19.3 Å². The highest BCUT2D eigenvalue weighted by Crippen LogP contribution is 1.88. The van der Waals surface area contributed by atoms with E-state index in [9.17, 15) is 9.59 Å². The van der Waals surface area contributed by atoms with Crippen LogP contribution in [0.1, 0.15) is 13.3 Å². The summed E-state index contributed by atoms with van der Waals surface area (Å²) < 4.78 is 14.7. The summed E-state index contributed by atoms with van der Waals surface area (Å²) in [6, 6.07) is 0. The van der Waals surface area contributed by atoms with Crippen molar-refractivity contribution in [1.29, 1.82) is 0 Å². The van der Waals surface area contributed by atoms with Gasteiger partial charge in [0.05, 0.1) is 33.0 Å². The van der Waals surface area contributed by atoms with Crippen LogP contribution in [0.4, 0.5) is 0 Å². The molecule has 0 rings (SSSR count). The van der Waals surface area contributed by atoms with Crippen molar-refractivity contribution >= 4 is 11.8 Å². The topological polar surface area (TPSA) is 82.1 Å². The second kappa shape index (κ2) is 10.5. The van der Waals surface area contributed by atoms with Crippen LogP contribution in [0.15, 0.2) is 0 Å². The van der Waals surface area contributed by atoms with Gasteiger partial charge in [-0.1, -0.05) is 0 Å². The molecule has 0 amide bonds. The van der Waals surface area contributed by atoms with E-state index in [-0.39, 0.29) is 38.6 Å². The molecule has 16 heavy (non-hydrogen) atoms. The Bertz CT molecular complexity index is 203. The molecule has 0 spiro atoms. The summed E-state index contributed by atoms with van der Waals surface area (Å²) in [6.07, 6.45) is -0.195. The third-order valence-electron chi connectivity index (χ3n) is 1.49. The van der Waals surface area contributed by atoms with Crippen molar-refractivity contribution in [2.45, 2.75) is 13.3 Å². The van der Waals surface area contributed by atoms with Gasteiger partial charge >= 0.3 is 5.97 Å². The molecule has 0 aromatic carbocycles. The Labute approximate surface area is 94.5 Å². The molecule has 0 aromatic rings. The van der Waals surface area contributed by atoms with Crippen LogP contribution in [0.5, 0.6) is 0 Å². The molecule has 0 unspecified atom stereocenters. The number of carbonyl (C=O) groups excluding carboxylic acids is 2. The minimum Gasteiger partial charge on any atom is -0.463 e. The Kier molecular flexibility index (Phi) is 9.89. The predicted molar refractivity (Wildman–Crippen MR) is 55.0 cm³/mol. The highest BCUT2D eigenvalue weighted by atomic mass is 16.6. The molecule has 6 heteroatoms. The average Bonchev–Trinajstić information content (AvgIpc) is 2.21. The van der Waals surface area contributed by atoms with Gasteiger partial charge in [0.1, 0.15) is 18.8 Å². The van der Waals surface area contributed by atoms with Crippen LogP contribution in [0.3, 0.4) is 0 Å². The van der Waals surface area contributed by atoms with Crippen molar-refractivity contribution in [3.8, 4) is 0 Å². The lowest BCUT2D eigenvalue weighted by Crippen LogP contribution is -2.14. The number of aliphatic hydroxyl groups excluding tert-OH is 1. The predicted octanol–water partition coefficient (Wildman–Crippen LogP) is -0.466. The summed E-state index contributed by atoms with van der Waals surface area (Å²) in [5, 5.41) is 8.39. The van der Waals surface area contributed by atoms with E-state index >= 15 is 0 Å². The maximum absolute atomic E-state index is 10.9. The third kappa shape index (κ3) is 11.1. The molecule has 0 heterocycles. The van der Waals surface area contributed by atoms with E-state index in [1.807, 2.05) is 0 Å². The van der Waals surface area contributed by atoms with Gasteiger partial charge in [-0.05, 0) is 6.92 Å². The van der Waals surface area contributed by atoms with E-state index in [0.29, 0.717) is 13.2 Å². The number of hydrogen-bond donors (Lipinski definition) is 1. The third-order valence-corrected chi connectivity index (χ3v) is 1.49. The van der Waals surface area contributed by atoms with Gasteiger partial charge in [0.25, 0.3) is 0 Å². The molecule has 94 valence electrons. The Hall–Kier alpha value is -0.980. The molecular formula is C10H18O6. The van der Waals surface area contributed by atoms with Crippen LogP contribution in [0.25, 0.3) is 0 Å². The molecule has 0 aliphatic rings. The first-order valence-corrected chi connectivity index (χ1v) is 5.08. The summed E-state index contributed by atoms with van der Waals surface area (Å²) in [6.45, 7) is 2.78. The number of esters is 1. The molecule has 0 radical (unpaired) electrons. The van der Waals surface area contributed by atoms with Crippen molar-refractivity contribution in [2.24, 2.45) is 0 Å². The number of aliphatic hydroxyl groups is 1. The number of carbonyl (C=O) groups is 2. The van der Waals surface area contributed by atoms with Crippen molar-refractivity contribution < 1.29 is 28.9 Å². The number of hydrogen-bond acceptors (Lipinski definition) is 6. The highest BCUT2D eigenvalue weighted by Gasteiger charge is 2.05. The van der Waals surface area contributed by atoms with Crippen LogP contribution in [-0.2, 0) is 23.8 Å². The number of ether oxygens (including phenoxy) is 3. The largest absolute Gasteiger partial charge is 0.463 e. The zero-order valence-corrected chi connectivity index (χ0v) is 9.44. The average molecular weight is 234 g/mol. The second-order valence-corrected chi connectivity index (χ2v) is 3.05. The van der Waals surface area contributed by atoms with E-state index < -0.39 is 5.97 Å². The minimum atomic E-state index is -0.535. The SMILES string of the molecule is CC(=O)CC(=O)OCCOCCOCCO. The maximum Gasteiger partial charge on any atom is 0.313 e. The van der Waals surface area contributed by atoms with Crippen LogP contribution in [-0.4, -0.2) is 56.5 Å². The molecule has 0 aliphatic carbocycles. The Morgan fingerprint density at radius 3 is 2.12 bits per heavy atom. The van der Waals surface area contributed by atoms with E-state index in [1.165, 1.54) is 6.92 Å². The lowest BCUT2D eigenvalue weighted by Gasteiger charge is -2.05. The molecule has 1 N–H and O–H groups in total. The lowest BCUT2D eigenvalue weighted by molar-refractivity contribution is -0.147. The van der Waals surface area contributed by atoms with Crippen molar-refractivity contribution in [3.05, 3.63) is 0 Å². The van der Waals surface area contributed by atoms with Gasteiger partial charge in [-0.2, -0.15) is 0 Å². The van der Waals surface area contributed by atoms with Crippen LogP contribution < -0.4 is 0 Å². The van der Waals surface area contributed by atoms with Crippen molar-refractivity contribution in [3.63, 3.8) is 0 Å². The monoisotopic (exact) mass is 234 g/mol. The van der Waals surface area contributed by atoms with Gasteiger partial charge in [-0.3, -0.25) is 9.59 Å². The van der Waals surface area contributed by atoms with Gasteiger partial charge in [0.2, 0.25) is 0 Å². The quantitative estimate of drug-likeness (QED) is 0.313. The van der Waals surface area contributed by atoms with Crippen LogP contribution in [0, 0.1) is 0 Å². The maximum atomic E-state index is 10.9. The smallest absolute Gasteiger partial charge is 0.313 e. The highest BCUT2D eigenvalue weighted by molar-refractivity contribution is 5.94. The van der Waals surface area contributed by atoms with Crippen molar-refractivity contribution in [2.75, 3.05) is 39.6 Å². The number of Topliss-reactive ketones (excluding diaryl/α,β-unsaturated/α-hetero) is 1. The van der Waals surface area contributed by atoms with Gasteiger partial charge in [-0.25, -0.2) is 0 Å². The van der Waals surface area contributed by atoms with Crippen LogP contribution in [0.2, 0.25) is 0 Å². The Balaban J connectivity index is 3.14. The first-order chi connectivity index (χ1) is 7.66. The van der Waals surface area contributed by atoms with Gasteiger partial charge in [0, 0.05) is 0 Å². The van der Waals surface area contributed by atoms with E-state index in [0.717, 1.165) is 0 Å². The molecule has 6 nitrogen and oxygen atoms in total. The fourth-order valence-electron chi connectivity index (χ4n) is 0.855. The number of rotatable bonds is 10. The fourth-order valence-corrected chi connectivity index (χ4v) is 0.855. The van der Waals surface area contributed by atoms with Crippen LogP contribution >= 0.6 is 0 Å². The number of ketones is 1. The van der Waals surface area contributed by atoms with E-state index in [1.54, 1.807) is 0 Å². The first-order valence-electron chi connectivity index (χ1n) is 5.08. The summed E-state index contributed by atoms with van der Waals surface area (Å²) in [7, 11) is 0. The zero-order valence-electron chi connectivity index (χ0n) is 9.44. The first kappa shape index (κ1) is 15.0. The molecule has 0 saturated carbocycles. The summed E-state index contributed by atoms with van der Waals surface area (Å²) in [4.78, 5) is 21.4. The molecular weight excluding hydrogens is 216 g/mol. The van der Waals surface area contributed by atoms with E-state index in [2.05, 4.69) is 0 Å². The minimum absolute atomic E-state index is 0.0113. The van der Waals surface area contributed by atoms with Gasteiger partial charge in [-0.15, -0.1) is 0 Å². The molecule has 0 aliphatic heterocycles. The lowest BCUT2D eigenvalue weighted by atomic mass is 10.3. The normalized spacial score (nSPS) is 10.1. The molecule has 0 saturated heterocycles. The standard InChI is InChI=1S/C10H18O6/c1-9(12)8-10(13)16-7-6-15-5-4-14-3-2-11/h11H,2-8H2,1H3. The fraction of sp³-hybridized carbons (Fsp3) is 0.800. The second-order valence-electron chi connectivity index (χ2n) is 3.05. The summed E-state index contributed by atoms with van der Waals surface area (Å²) in [5.41, 5.74) is 0.